The third-order valence-electron chi connectivity index (χ3n) is 5.29. The fourth-order valence-corrected chi connectivity index (χ4v) is 3.82. The molecule has 134 valence electrons. The zero-order chi connectivity index (χ0) is 17.5. The molecule has 2 aromatic rings. The lowest BCUT2D eigenvalue weighted by Gasteiger charge is -2.29. The van der Waals surface area contributed by atoms with Crippen molar-refractivity contribution in [2.45, 2.75) is 56.9 Å². The van der Waals surface area contributed by atoms with E-state index in [0.717, 1.165) is 38.0 Å². The molecule has 0 spiro atoms. The van der Waals surface area contributed by atoms with Crippen molar-refractivity contribution < 1.29 is 0 Å². The Morgan fingerprint density at radius 1 is 1.20 bits per heavy atom. The van der Waals surface area contributed by atoms with Crippen LogP contribution in [0.2, 0.25) is 0 Å². The highest BCUT2D eigenvalue weighted by Crippen LogP contribution is 2.32. The van der Waals surface area contributed by atoms with Gasteiger partial charge in [-0.1, -0.05) is 19.1 Å². The zero-order valence-electron chi connectivity index (χ0n) is 15.2. The van der Waals surface area contributed by atoms with Gasteiger partial charge in [-0.05, 0) is 62.4 Å². The molecule has 3 N–H and O–H groups in total. The molecule has 0 saturated heterocycles. The third-order valence-corrected chi connectivity index (χ3v) is 5.29. The van der Waals surface area contributed by atoms with E-state index >= 15 is 0 Å². The standard InChI is InChI=1S/C21H30N4/c1-16(20-11-2-3-13-24-20)15-23-12-6-10-19(22)18-9-4-7-17-8-5-14-25-21(17)18/h2-3,5,8,11,13-14,16,18-19,23H,4,6-7,9-10,12,15,22H2,1H3. The van der Waals surface area contributed by atoms with E-state index in [1.807, 2.05) is 30.6 Å². The van der Waals surface area contributed by atoms with Crippen molar-refractivity contribution in [1.82, 2.24) is 15.3 Å². The number of nitrogens with two attached hydrogens (primary N) is 1. The molecule has 2 heterocycles. The number of hydrogen-bond acceptors (Lipinski definition) is 4. The molecule has 0 aromatic carbocycles. The van der Waals surface area contributed by atoms with Gasteiger partial charge in [-0.3, -0.25) is 9.97 Å². The highest BCUT2D eigenvalue weighted by atomic mass is 14.9. The van der Waals surface area contributed by atoms with Gasteiger partial charge in [-0.2, -0.15) is 0 Å². The molecule has 1 aliphatic carbocycles. The summed E-state index contributed by atoms with van der Waals surface area (Å²) in [6, 6.07) is 10.6. The van der Waals surface area contributed by atoms with Crippen molar-refractivity contribution in [3.8, 4) is 0 Å². The molecule has 25 heavy (non-hydrogen) atoms. The normalized spacial score (nSPS) is 19.2. The highest BCUT2D eigenvalue weighted by molar-refractivity contribution is 5.27. The molecule has 2 aromatic heterocycles. The van der Waals surface area contributed by atoms with Crippen LogP contribution in [0.3, 0.4) is 0 Å². The van der Waals surface area contributed by atoms with Crippen molar-refractivity contribution in [2.24, 2.45) is 5.73 Å². The van der Waals surface area contributed by atoms with Crippen LogP contribution in [0.25, 0.3) is 0 Å². The van der Waals surface area contributed by atoms with Gasteiger partial charge < -0.3 is 11.1 Å². The maximum Gasteiger partial charge on any atom is 0.0481 e. The summed E-state index contributed by atoms with van der Waals surface area (Å²) in [5, 5.41) is 3.55. The Labute approximate surface area is 151 Å². The molecule has 3 atom stereocenters. The van der Waals surface area contributed by atoms with Crippen molar-refractivity contribution >= 4 is 0 Å². The topological polar surface area (TPSA) is 63.8 Å². The van der Waals surface area contributed by atoms with Gasteiger partial charge in [-0.15, -0.1) is 0 Å². The smallest absolute Gasteiger partial charge is 0.0481 e. The number of aryl methyl sites for hydroxylation is 1. The summed E-state index contributed by atoms with van der Waals surface area (Å²) in [4.78, 5) is 9.04. The van der Waals surface area contributed by atoms with Gasteiger partial charge in [0.05, 0.1) is 0 Å². The second-order valence-corrected chi connectivity index (χ2v) is 7.21. The maximum absolute atomic E-state index is 6.52. The van der Waals surface area contributed by atoms with Crippen LogP contribution >= 0.6 is 0 Å². The summed E-state index contributed by atoms with van der Waals surface area (Å²) in [6.07, 6.45) is 9.48. The number of rotatable bonds is 8. The summed E-state index contributed by atoms with van der Waals surface area (Å²) in [7, 11) is 0. The van der Waals surface area contributed by atoms with Crippen molar-refractivity contribution in [2.75, 3.05) is 13.1 Å². The van der Waals surface area contributed by atoms with Gasteiger partial charge in [0.15, 0.2) is 0 Å². The zero-order valence-corrected chi connectivity index (χ0v) is 15.2. The van der Waals surface area contributed by atoms with E-state index in [1.165, 1.54) is 24.1 Å². The van der Waals surface area contributed by atoms with Crippen LogP contribution in [0.5, 0.6) is 0 Å². The van der Waals surface area contributed by atoms with E-state index in [4.69, 9.17) is 5.73 Å². The summed E-state index contributed by atoms with van der Waals surface area (Å²) in [5.74, 6) is 0.863. The van der Waals surface area contributed by atoms with Gasteiger partial charge in [0.2, 0.25) is 0 Å². The van der Waals surface area contributed by atoms with E-state index in [2.05, 4.69) is 34.3 Å². The lowest BCUT2D eigenvalue weighted by molar-refractivity contribution is 0.419. The Bertz CT molecular complexity index is 643. The summed E-state index contributed by atoms with van der Waals surface area (Å²) >= 11 is 0. The van der Waals surface area contributed by atoms with E-state index in [1.54, 1.807) is 0 Å². The minimum absolute atomic E-state index is 0.212. The number of nitrogens with one attached hydrogen (secondary N) is 1. The van der Waals surface area contributed by atoms with Crippen molar-refractivity contribution in [3.63, 3.8) is 0 Å². The van der Waals surface area contributed by atoms with Crippen molar-refractivity contribution in [3.05, 3.63) is 59.7 Å². The van der Waals surface area contributed by atoms with Gasteiger partial charge in [0.1, 0.15) is 0 Å². The number of nitrogens with zero attached hydrogens (tertiary/aromatic N) is 2. The lowest BCUT2D eigenvalue weighted by atomic mass is 9.81. The van der Waals surface area contributed by atoms with E-state index in [-0.39, 0.29) is 6.04 Å². The Balaban J connectivity index is 1.39. The average molecular weight is 338 g/mol. The van der Waals surface area contributed by atoms with Gasteiger partial charge >= 0.3 is 0 Å². The monoisotopic (exact) mass is 338 g/mol. The molecule has 0 saturated carbocycles. The van der Waals surface area contributed by atoms with Crippen LogP contribution in [-0.4, -0.2) is 29.1 Å². The predicted octanol–water partition coefficient (Wildman–Crippen LogP) is 3.40. The SMILES string of the molecule is CC(CNCCCC(N)C1CCCc2cccnc21)c1ccccn1. The van der Waals surface area contributed by atoms with Gasteiger partial charge in [-0.25, -0.2) is 0 Å². The van der Waals surface area contributed by atoms with Crippen LogP contribution in [0, 0.1) is 0 Å². The average Bonchev–Trinajstić information content (AvgIpc) is 2.67. The van der Waals surface area contributed by atoms with Crippen LogP contribution in [0.1, 0.15) is 61.4 Å². The number of hydrogen-bond donors (Lipinski definition) is 2. The molecule has 0 aliphatic heterocycles. The van der Waals surface area contributed by atoms with Gasteiger partial charge in [0.25, 0.3) is 0 Å². The Morgan fingerprint density at radius 2 is 2.08 bits per heavy atom. The molecule has 0 bridgehead atoms. The second kappa shape index (κ2) is 9.07. The first-order valence-electron chi connectivity index (χ1n) is 9.56. The fourth-order valence-electron chi connectivity index (χ4n) is 3.82. The Morgan fingerprint density at radius 3 is 2.92 bits per heavy atom. The Hall–Kier alpha value is -1.78. The first-order valence-corrected chi connectivity index (χ1v) is 9.56. The van der Waals surface area contributed by atoms with Crippen LogP contribution in [0.15, 0.2) is 42.7 Å². The van der Waals surface area contributed by atoms with Crippen LogP contribution in [-0.2, 0) is 6.42 Å². The molecule has 0 fully saturated rings. The molecular formula is C21H30N4. The number of pyridine rings is 2. The molecular weight excluding hydrogens is 308 g/mol. The van der Waals surface area contributed by atoms with Crippen molar-refractivity contribution in [1.29, 1.82) is 0 Å². The highest BCUT2D eigenvalue weighted by Gasteiger charge is 2.26. The first-order chi connectivity index (χ1) is 12.3. The Kier molecular flexibility index (Phi) is 6.54. The van der Waals surface area contributed by atoms with E-state index in [0.29, 0.717) is 11.8 Å². The fraction of sp³-hybridized carbons (Fsp3) is 0.524. The second-order valence-electron chi connectivity index (χ2n) is 7.21. The molecule has 4 heteroatoms. The summed E-state index contributed by atoms with van der Waals surface area (Å²) in [6.45, 7) is 4.18. The number of fused-ring (bicyclic) bond motifs is 1. The largest absolute Gasteiger partial charge is 0.327 e. The van der Waals surface area contributed by atoms with E-state index in [9.17, 15) is 0 Å². The summed E-state index contributed by atoms with van der Waals surface area (Å²) in [5.41, 5.74) is 10.3. The quantitative estimate of drug-likeness (QED) is 0.724. The molecule has 0 amide bonds. The van der Waals surface area contributed by atoms with Crippen LogP contribution < -0.4 is 11.1 Å². The minimum atomic E-state index is 0.212. The minimum Gasteiger partial charge on any atom is -0.327 e. The molecule has 4 nitrogen and oxygen atoms in total. The third kappa shape index (κ3) is 4.86. The molecule has 3 rings (SSSR count). The number of aromatic nitrogens is 2. The molecule has 1 aliphatic rings. The lowest BCUT2D eigenvalue weighted by Crippen LogP contribution is -2.32. The molecule has 0 radical (unpaired) electrons. The first kappa shape index (κ1) is 18.0. The predicted molar refractivity (Wildman–Crippen MR) is 103 cm³/mol. The van der Waals surface area contributed by atoms with Gasteiger partial charge in [0, 0.05) is 48.2 Å². The van der Waals surface area contributed by atoms with Crippen LogP contribution in [0.4, 0.5) is 0 Å². The summed E-state index contributed by atoms with van der Waals surface area (Å²) < 4.78 is 0. The molecule has 3 unspecified atom stereocenters. The maximum atomic E-state index is 6.52. The van der Waals surface area contributed by atoms with E-state index < -0.39 is 0 Å².